The molecule has 2 aromatic rings. The molecule has 1 unspecified atom stereocenters. The van der Waals surface area contributed by atoms with Crippen molar-refractivity contribution in [3.8, 4) is 11.5 Å². The zero-order valence-electron chi connectivity index (χ0n) is 14.7. The number of ether oxygens (including phenoxy) is 1. The molecular weight excluding hydrogens is 393 g/mol. The summed E-state index contributed by atoms with van der Waals surface area (Å²) in [4.78, 5) is 23.1. The molecule has 1 N–H and O–H groups in total. The highest BCUT2D eigenvalue weighted by atomic mass is 35.5. The van der Waals surface area contributed by atoms with Crippen molar-refractivity contribution >= 4 is 30.7 Å². The summed E-state index contributed by atoms with van der Waals surface area (Å²) in [7, 11) is 0. The first kappa shape index (κ1) is 21.6. The van der Waals surface area contributed by atoms with E-state index >= 15 is 0 Å². The van der Waals surface area contributed by atoms with Gasteiger partial charge >= 0.3 is 0 Å². The Bertz CT molecular complexity index is 716. The van der Waals surface area contributed by atoms with Crippen molar-refractivity contribution in [2.24, 2.45) is 0 Å². The number of likely N-dealkylation sites (tertiary alicyclic amines) is 1. The molecule has 2 fully saturated rings. The number of amides is 1. The van der Waals surface area contributed by atoms with Crippen LogP contribution in [0.2, 0.25) is 0 Å². The minimum Gasteiger partial charge on any atom is -0.366 e. The van der Waals surface area contributed by atoms with Gasteiger partial charge in [-0.25, -0.2) is 0 Å². The van der Waals surface area contributed by atoms with Crippen LogP contribution in [0.4, 0.5) is 0 Å². The van der Waals surface area contributed by atoms with Gasteiger partial charge in [0.1, 0.15) is 11.8 Å². The molecule has 0 bridgehead atoms. The van der Waals surface area contributed by atoms with Crippen LogP contribution in [0.25, 0.3) is 11.5 Å². The molecule has 0 spiro atoms. The van der Waals surface area contributed by atoms with Crippen molar-refractivity contribution in [2.45, 2.75) is 24.9 Å². The predicted molar refractivity (Wildman–Crippen MR) is 103 cm³/mol. The molecule has 4 rings (SSSR count). The molecule has 2 aliphatic rings. The summed E-state index contributed by atoms with van der Waals surface area (Å²) >= 11 is 0. The Balaban J connectivity index is 0.00000131. The molecule has 148 valence electrons. The van der Waals surface area contributed by atoms with E-state index in [2.05, 4.69) is 20.4 Å². The lowest BCUT2D eigenvalue weighted by atomic mass is 9.96. The Morgan fingerprint density at radius 1 is 1.22 bits per heavy atom. The van der Waals surface area contributed by atoms with Crippen molar-refractivity contribution in [1.82, 2.24) is 25.3 Å². The second-order valence-electron chi connectivity index (χ2n) is 6.33. The highest BCUT2D eigenvalue weighted by molar-refractivity contribution is 5.85. The number of nitrogens with one attached hydrogen (secondary N) is 1. The number of pyridine rings is 1. The molecule has 0 saturated carbocycles. The van der Waals surface area contributed by atoms with Gasteiger partial charge in [0.15, 0.2) is 0 Å². The average molecular weight is 416 g/mol. The van der Waals surface area contributed by atoms with Gasteiger partial charge in [-0.05, 0) is 25.0 Å². The zero-order chi connectivity index (χ0) is 17.1. The third-order valence-corrected chi connectivity index (χ3v) is 4.69. The number of morpholine rings is 1. The monoisotopic (exact) mass is 415 g/mol. The average Bonchev–Trinajstić information content (AvgIpc) is 3.19. The van der Waals surface area contributed by atoms with Crippen LogP contribution in [0.3, 0.4) is 0 Å². The third kappa shape index (κ3) is 4.95. The number of piperidine rings is 1. The first-order valence-corrected chi connectivity index (χ1v) is 8.67. The van der Waals surface area contributed by atoms with Crippen LogP contribution in [0.15, 0.2) is 28.9 Å². The maximum atomic E-state index is 12.5. The van der Waals surface area contributed by atoms with Gasteiger partial charge in [0, 0.05) is 38.3 Å². The second kappa shape index (κ2) is 9.98. The molecule has 8 nitrogen and oxygen atoms in total. The fourth-order valence-corrected chi connectivity index (χ4v) is 3.27. The summed E-state index contributed by atoms with van der Waals surface area (Å²) in [5.74, 6) is 1.39. The molecule has 0 radical (unpaired) electrons. The van der Waals surface area contributed by atoms with E-state index in [9.17, 15) is 4.79 Å². The molecule has 27 heavy (non-hydrogen) atoms. The standard InChI is InChI=1S/C17H21N5O3.2ClH/c23-17(14-11-18-7-10-24-14)22-8-4-12(5-9-22)16-20-15(21-25-16)13-3-1-2-6-19-13;;/h1-3,6,12,14,18H,4-5,7-11H2;2*1H. The second-order valence-corrected chi connectivity index (χ2v) is 6.33. The molecular formula is C17H23Cl2N5O3. The van der Waals surface area contributed by atoms with Crippen LogP contribution in [-0.4, -0.2) is 64.8 Å². The number of aromatic nitrogens is 3. The number of halogens is 2. The first-order valence-electron chi connectivity index (χ1n) is 8.67. The number of carbonyl (C=O) groups excluding carboxylic acids is 1. The van der Waals surface area contributed by atoms with E-state index in [4.69, 9.17) is 9.26 Å². The van der Waals surface area contributed by atoms with Crippen LogP contribution in [0.5, 0.6) is 0 Å². The lowest BCUT2D eigenvalue weighted by Crippen LogP contribution is -2.51. The first-order chi connectivity index (χ1) is 12.3. The quantitative estimate of drug-likeness (QED) is 0.814. The van der Waals surface area contributed by atoms with Gasteiger partial charge in [0.2, 0.25) is 11.7 Å². The topological polar surface area (TPSA) is 93.4 Å². The van der Waals surface area contributed by atoms with Crippen molar-refractivity contribution in [3.05, 3.63) is 30.3 Å². The summed E-state index contributed by atoms with van der Waals surface area (Å²) in [6.07, 6.45) is 2.98. The van der Waals surface area contributed by atoms with Crippen LogP contribution < -0.4 is 5.32 Å². The molecule has 4 heterocycles. The minimum absolute atomic E-state index is 0. The molecule has 1 atom stereocenters. The van der Waals surface area contributed by atoms with Gasteiger partial charge in [-0.15, -0.1) is 24.8 Å². The van der Waals surface area contributed by atoms with Gasteiger partial charge in [-0.3, -0.25) is 9.78 Å². The van der Waals surface area contributed by atoms with E-state index in [-0.39, 0.29) is 42.7 Å². The van der Waals surface area contributed by atoms with Gasteiger partial charge in [0.05, 0.1) is 6.61 Å². The molecule has 10 heteroatoms. The van der Waals surface area contributed by atoms with Gasteiger partial charge in [-0.2, -0.15) is 4.98 Å². The summed E-state index contributed by atoms with van der Waals surface area (Å²) < 4.78 is 11.0. The predicted octanol–water partition coefficient (Wildman–Crippen LogP) is 1.67. The van der Waals surface area contributed by atoms with Crippen LogP contribution in [0, 0.1) is 0 Å². The SMILES string of the molecule is Cl.Cl.O=C(C1CNCCO1)N1CCC(c2nc(-c3ccccn3)no2)CC1. The largest absolute Gasteiger partial charge is 0.366 e. The Hall–Kier alpha value is -1.74. The summed E-state index contributed by atoms with van der Waals surface area (Å²) in [5.41, 5.74) is 0.701. The third-order valence-electron chi connectivity index (χ3n) is 4.69. The summed E-state index contributed by atoms with van der Waals surface area (Å²) in [6.45, 7) is 3.36. The smallest absolute Gasteiger partial charge is 0.253 e. The maximum absolute atomic E-state index is 12.5. The molecule has 1 amide bonds. The normalized spacial score (nSPS) is 20.4. The number of rotatable bonds is 3. The fourth-order valence-electron chi connectivity index (χ4n) is 3.27. The summed E-state index contributed by atoms with van der Waals surface area (Å²) in [6, 6.07) is 5.60. The Kier molecular flexibility index (Phi) is 7.97. The van der Waals surface area contributed by atoms with Gasteiger partial charge < -0.3 is 19.5 Å². The van der Waals surface area contributed by atoms with Gasteiger partial charge in [-0.1, -0.05) is 11.2 Å². The van der Waals surface area contributed by atoms with Crippen LogP contribution >= 0.6 is 24.8 Å². The molecule has 2 aliphatic heterocycles. The van der Waals surface area contributed by atoms with E-state index in [1.54, 1.807) is 6.20 Å². The Labute approximate surface area is 169 Å². The van der Waals surface area contributed by atoms with Crippen molar-refractivity contribution in [3.63, 3.8) is 0 Å². The minimum atomic E-state index is -0.357. The van der Waals surface area contributed by atoms with Crippen molar-refractivity contribution in [1.29, 1.82) is 0 Å². The molecule has 2 aromatic heterocycles. The Morgan fingerprint density at radius 2 is 2.04 bits per heavy atom. The van der Waals surface area contributed by atoms with E-state index in [0.29, 0.717) is 43.7 Å². The van der Waals surface area contributed by atoms with Crippen LogP contribution in [-0.2, 0) is 9.53 Å². The Morgan fingerprint density at radius 3 is 2.70 bits per heavy atom. The van der Waals surface area contributed by atoms with Crippen molar-refractivity contribution in [2.75, 3.05) is 32.8 Å². The number of hydrogen-bond donors (Lipinski definition) is 1. The van der Waals surface area contributed by atoms with Crippen molar-refractivity contribution < 1.29 is 14.1 Å². The maximum Gasteiger partial charge on any atom is 0.253 e. The molecule has 0 aromatic carbocycles. The zero-order valence-corrected chi connectivity index (χ0v) is 16.4. The van der Waals surface area contributed by atoms with Crippen LogP contribution in [0.1, 0.15) is 24.7 Å². The fraction of sp³-hybridized carbons (Fsp3) is 0.529. The highest BCUT2D eigenvalue weighted by Gasteiger charge is 2.32. The van der Waals surface area contributed by atoms with E-state index in [1.165, 1.54) is 0 Å². The number of hydrogen-bond acceptors (Lipinski definition) is 7. The van der Waals surface area contributed by atoms with E-state index in [0.717, 1.165) is 19.4 Å². The molecule has 2 saturated heterocycles. The lowest BCUT2D eigenvalue weighted by molar-refractivity contribution is -0.146. The number of nitrogens with zero attached hydrogens (tertiary/aromatic N) is 4. The lowest BCUT2D eigenvalue weighted by Gasteiger charge is -2.34. The highest BCUT2D eigenvalue weighted by Crippen LogP contribution is 2.28. The van der Waals surface area contributed by atoms with E-state index < -0.39 is 0 Å². The van der Waals surface area contributed by atoms with E-state index in [1.807, 2.05) is 23.1 Å². The number of carbonyl (C=O) groups is 1. The molecule has 0 aliphatic carbocycles. The van der Waals surface area contributed by atoms with Gasteiger partial charge in [0.25, 0.3) is 5.91 Å². The summed E-state index contributed by atoms with van der Waals surface area (Å²) in [5, 5.41) is 7.23.